The van der Waals surface area contributed by atoms with Crippen LogP contribution in [0.2, 0.25) is 0 Å². The summed E-state index contributed by atoms with van der Waals surface area (Å²) in [5.74, 6) is 0.941. The van der Waals surface area contributed by atoms with Gasteiger partial charge in [0.1, 0.15) is 5.75 Å². The summed E-state index contributed by atoms with van der Waals surface area (Å²) in [4.78, 5) is 24.1. The van der Waals surface area contributed by atoms with Gasteiger partial charge in [0.05, 0.1) is 13.7 Å². The summed E-state index contributed by atoms with van der Waals surface area (Å²) in [5.41, 5.74) is 1.59. The first-order valence-electron chi connectivity index (χ1n) is 8.26. The number of ether oxygens (including phenoxy) is 1. The van der Waals surface area contributed by atoms with Gasteiger partial charge in [0.2, 0.25) is 0 Å². The predicted octanol–water partition coefficient (Wildman–Crippen LogP) is 3.24. The van der Waals surface area contributed by atoms with Crippen LogP contribution < -0.4 is 15.4 Å². The van der Waals surface area contributed by atoms with E-state index in [2.05, 4.69) is 24.5 Å². The van der Waals surface area contributed by atoms with E-state index in [0.29, 0.717) is 5.56 Å². The summed E-state index contributed by atoms with van der Waals surface area (Å²) < 4.78 is 5.32. The smallest absolute Gasteiger partial charge is 0.315 e. The maximum Gasteiger partial charge on any atom is 0.315 e. The van der Waals surface area contributed by atoms with Gasteiger partial charge in [-0.2, -0.15) is 0 Å². The van der Waals surface area contributed by atoms with Crippen molar-refractivity contribution >= 4 is 11.8 Å². The Hall–Kier alpha value is -2.04. The van der Waals surface area contributed by atoms with E-state index in [1.807, 2.05) is 6.07 Å². The molecule has 0 aromatic heterocycles. The molecule has 1 aromatic carbocycles. The standard InChI is InChI=1S/C18H26N2O3/c1-12(2)15-10-13(8-9-17(15)23-3)16(21)11-19-18(22)20-14-6-4-5-7-14/h8-10,12,14H,4-7,11H2,1-3H3,(H2,19,20,22). The molecule has 126 valence electrons. The third kappa shape index (κ3) is 4.71. The minimum atomic E-state index is -0.261. The Morgan fingerprint density at radius 3 is 2.57 bits per heavy atom. The fourth-order valence-electron chi connectivity index (χ4n) is 2.93. The van der Waals surface area contributed by atoms with Gasteiger partial charge in [-0.05, 0) is 42.5 Å². The molecule has 5 nitrogen and oxygen atoms in total. The normalized spacial score (nSPS) is 14.8. The molecule has 1 aliphatic carbocycles. The summed E-state index contributed by atoms with van der Waals surface area (Å²) >= 11 is 0. The van der Waals surface area contributed by atoms with Crippen LogP contribution in [-0.2, 0) is 0 Å². The van der Waals surface area contributed by atoms with Crippen LogP contribution in [0.5, 0.6) is 5.75 Å². The molecule has 0 radical (unpaired) electrons. The number of benzene rings is 1. The van der Waals surface area contributed by atoms with E-state index in [1.165, 1.54) is 0 Å². The van der Waals surface area contributed by atoms with Crippen molar-refractivity contribution in [3.05, 3.63) is 29.3 Å². The Labute approximate surface area is 137 Å². The number of hydrogen-bond acceptors (Lipinski definition) is 3. The lowest BCUT2D eigenvalue weighted by molar-refractivity contribution is 0.0992. The second kappa shape index (κ2) is 7.99. The van der Waals surface area contributed by atoms with Crippen molar-refractivity contribution in [3.8, 4) is 5.75 Å². The van der Waals surface area contributed by atoms with Crippen LogP contribution in [0.4, 0.5) is 4.79 Å². The topological polar surface area (TPSA) is 67.4 Å². The van der Waals surface area contributed by atoms with E-state index < -0.39 is 0 Å². The maximum absolute atomic E-state index is 12.3. The second-order valence-corrected chi connectivity index (χ2v) is 6.34. The number of amides is 2. The average molecular weight is 318 g/mol. The first-order chi connectivity index (χ1) is 11.0. The van der Waals surface area contributed by atoms with E-state index in [4.69, 9.17) is 4.74 Å². The van der Waals surface area contributed by atoms with E-state index in [-0.39, 0.29) is 30.3 Å². The zero-order valence-electron chi connectivity index (χ0n) is 14.1. The largest absolute Gasteiger partial charge is 0.496 e. The fraction of sp³-hybridized carbons (Fsp3) is 0.556. The molecule has 0 bridgehead atoms. The van der Waals surface area contributed by atoms with Crippen molar-refractivity contribution in [1.82, 2.24) is 10.6 Å². The number of urea groups is 1. The molecule has 1 saturated carbocycles. The highest BCUT2D eigenvalue weighted by molar-refractivity contribution is 5.99. The SMILES string of the molecule is COc1ccc(C(=O)CNC(=O)NC2CCCC2)cc1C(C)C. The van der Waals surface area contributed by atoms with Gasteiger partial charge in [-0.3, -0.25) is 4.79 Å². The van der Waals surface area contributed by atoms with E-state index in [0.717, 1.165) is 37.0 Å². The number of rotatable bonds is 6. The Bertz CT molecular complexity index is 563. The second-order valence-electron chi connectivity index (χ2n) is 6.34. The van der Waals surface area contributed by atoms with Crippen molar-refractivity contribution in [2.75, 3.05) is 13.7 Å². The molecule has 23 heavy (non-hydrogen) atoms. The van der Waals surface area contributed by atoms with Gasteiger partial charge in [0.15, 0.2) is 5.78 Å². The Balaban J connectivity index is 1.92. The molecule has 0 unspecified atom stereocenters. The van der Waals surface area contributed by atoms with Crippen molar-refractivity contribution < 1.29 is 14.3 Å². The Morgan fingerprint density at radius 2 is 1.96 bits per heavy atom. The number of nitrogens with one attached hydrogen (secondary N) is 2. The van der Waals surface area contributed by atoms with Crippen molar-refractivity contribution in [3.63, 3.8) is 0 Å². The van der Waals surface area contributed by atoms with Crippen LogP contribution in [0.1, 0.15) is 61.4 Å². The van der Waals surface area contributed by atoms with Gasteiger partial charge in [0, 0.05) is 11.6 Å². The molecule has 0 atom stereocenters. The summed E-state index contributed by atoms with van der Waals surface area (Å²) in [6.45, 7) is 4.11. The summed E-state index contributed by atoms with van der Waals surface area (Å²) in [7, 11) is 1.62. The van der Waals surface area contributed by atoms with Gasteiger partial charge in [-0.1, -0.05) is 26.7 Å². The molecule has 1 fully saturated rings. The van der Waals surface area contributed by atoms with Gasteiger partial charge < -0.3 is 15.4 Å². The molecular formula is C18H26N2O3. The minimum Gasteiger partial charge on any atom is -0.496 e. The molecule has 1 aliphatic rings. The highest BCUT2D eigenvalue weighted by atomic mass is 16.5. The van der Waals surface area contributed by atoms with Crippen LogP contribution >= 0.6 is 0 Å². The quantitative estimate of drug-likeness (QED) is 0.791. The maximum atomic E-state index is 12.3. The van der Waals surface area contributed by atoms with Crippen molar-refractivity contribution in [2.45, 2.75) is 51.5 Å². The van der Waals surface area contributed by atoms with Crippen molar-refractivity contribution in [2.24, 2.45) is 0 Å². The number of ketones is 1. The first kappa shape index (κ1) is 17.3. The number of hydrogen-bond donors (Lipinski definition) is 2. The molecule has 2 N–H and O–H groups in total. The van der Waals surface area contributed by atoms with Crippen LogP contribution in [0, 0.1) is 0 Å². The third-order valence-corrected chi connectivity index (χ3v) is 4.27. The minimum absolute atomic E-state index is 0.00240. The molecule has 2 amide bonds. The van der Waals surface area contributed by atoms with E-state index in [9.17, 15) is 9.59 Å². The molecule has 0 spiro atoms. The summed E-state index contributed by atoms with van der Waals surface area (Å²) in [5, 5.41) is 5.57. The average Bonchev–Trinajstić information content (AvgIpc) is 3.04. The van der Waals surface area contributed by atoms with Gasteiger partial charge in [-0.15, -0.1) is 0 Å². The van der Waals surface area contributed by atoms with E-state index in [1.54, 1.807) is 19.2 Å². The molecule has 0 saturated heterocycles. The van der Waals surface area contributed by atoms with Gasteiger partial charge in [-0.25, -0.2) is 4.79 Å². The summed E-state index contributed by atoms with van der Waals surface area (Å²) in [6, 6.07) is 5.38. The van der Waals surface area contributed by atoms with Gasteiger partial charge >= 0.3 is 6.03 Å². The lowest BCUT2D eigenvalue weighted by atomic mass is 9.98. The van der Waals surface area contributed by atoms with Crippen LogP contribution in [0.15, 0.2) is 18.2 Å². The molecule has 5 heteroatoms. The monoisotopic (exact) mass is 318 g/mol. The predicted molar refractivity (Wildman–Crippen MR) is 90.2 cm³/mol. The van der Waals surface area contributed by atoms with Crippen LogP contribution in [-0.4, -0.2) is 31.5 Å². The van der Waals surface area contributed by atoms with Crippen LogP contribution in [0.25, 0.3) is 0 Å². The molecule has 2 rings (SSSR count). The lowest BCUT2D eigenvalue weighted by Crippen LogP contribution is -2.42. The van der Waals surface area contributed by atoms with Crippen molar-refractivity contribution in [1.29, 1.82) is 0 Å². The number of Topliss-reactive ketones (excluding diaryl/α,β-unsaturated/α-hetero) is 1. The highest BCUT2D eigenvalue weighted by Crippen LogP contribution is 2.27. The Morgan fingerprint density at radius 1 is 1.26 bits per heavy atom. The molecule has 0 heterocycles. The number of methoxy groups -OCH3 is 1. The lowest BCUT2D eigenvalue weighted by Gasteiger charge is -2.14. The molecule has 0 aliphatic heterocycles. The van der Waals surface area contributed by atoms with Crippen LogP contribution in [0.3, 0.4) is 0 Å². The van der Waals surface area contributed by atoms with Gasteiger partial charge in [0.25, 0.3) is 0 Å². The van der Waals surface area contributed by atoms with E-state index >= 15 is 0 Å². The first-order valence-corrected chi connectivity index (χ1v) is 8.26. The number of carbonyl (C=O) groups excluding carboxylic acids is 2. The fourth-order valence-corrected chi connectivity index (χ4v) is 2.93. The zero-order valence-corrected chi connectivity index (χ0v) is 14.1. The summed E-state index contributed by atoms with van der Waals surface area (Å²) in [6.07, 6.45) is 4.37. The third-order valence-electron chi connectivity index (χ3n) is 4.27. The number of carbonyl (C=O) groups is 2. The molecular weight excluding hydrogens is 292 g/mol. The highest BCUT2D eigenvalue weighted by Gasteiger charge is 2.18. The Kier molecular flexibility index (Phi) is 6.02. The molecule has 1 aromatic rings. The zero-order chi connectivity index (χ0) is 16.8.